The average Bonchev–Trinajstić information content (AvgIpc) is 2.64. The molecular weight excluding hydrogens is 373 g/mol. The summed E-state index contributed by atoms with van der Waals surface area (Å²) in [6, 6.07) is 8.51. The maximum absolute atomic E-state index is 12.6. The van der Waals surface area contributed by atoms with Crippen molar-refractivity contribution >= 4 is 36.4 Å². The van der Waals surface area contributed by atoms with Gasteiger partial charge in [0.2, 0.25) is 5.91 Å². The molecule has 3 N–H and O–H groups in total. The van der Waals surface area contributed by atoms with Gasteiger partial charge in [-0.1, -0.05) is 26.0 Å². The van der Waals surface area contributed by atoms with E-state index in [-0.39, 0.29) is 30.7 Å². The summed E-state index contributed by atoms with van der Waals surface area (Å²) in [7, 11) is 0. The van der Waals surface area contributed by atoms with E-state index >= 15 is 0 Å². The van der Waals surface area contributed by atoms with Gasteiger partial charge in [0, 0.05) is 31.4 Å². The predicted octanol–water partition coefficient (Wildman–Crippen LogP) is 3.63. The Morgan fingerprint density at radius 3 is 2.19 bits per heavy atom. The van der Waals surface area contributed by atoms with E-state index in [0.29, 0.717) is 12.6 Å². The van der Waals surface area contributed by atoms with Gasteiger partial charge in [0.05, 0.1) is 18.6 Å². The molecule has 2 rings (SSSR count). The van der Waals surface area contributed by atoms with Crippen molar-refractivity contribution in [3.05, 3.63) is 29.8 Å². The molecule has 0 spiro atoms. The van der Waals surface area contributed by atoms with Crippen molar-refractivity contribution in [3.8, 4) is 0 Å². The largest absolute Gasteiger partial charge is 0.379 e. The molecule has 0 aromatic heterocycles. The number of benzene rings is 1. The Hall–Kier alpha value is -0.850. The molecule has 0 aliphatic carbocycles. The zero-order chi connectivity index (χ0) is 17.6. The fraction of sp³-hybridized carbons (Fsp3) is 0.632. The number of morpholine rings is 1. The number of carbonyl (C=O) groups excluding carboxylic acids is 1. The first-order valence-electron chi connectivity index (χ1n) is 8.99. The first-order chi connectivity index (χ1) is 11.6. The molecule has 0 saturated carbocycles. The van der Waals surface area contributed by atoms with E-state index < -0.39 is 5.41 Å². The van der Waals surface area contributed by atoms with Crippen LogP contribution in [-0.2, 0) is 9.53 Å². The average molecular weight is 406 g/mol. The van der Waals surface area contributed by atoms with Crippen LogP contribution < -0.4 is 11.1 Å². The maximum Gasteiger partial charge on any atom is 0.231 e. The minimum absolute atomic E-state index is 0. The lowest BCUT2D eigenvalue weighted by Crippen LogP contribution is -2.41. The quantitative estimate of drug-likeness (QED) is 0.726. The number of amides is 1. The third-order valence-corrected chi connectivity index (χ3v) is 5.47. The summed E-state index contributed by atoms with van der Waals surface area (Å²) in [4.78, 5) is 15.0. The molecule has 1 aliphatic rings. The lowest BCUT2D eigenvalue weighted by molar-refractivity contribution is -0.125. The smallest absolute Gasteiger partial charge is 0.231 e. The second kappa shape index (κ2) is 11.8. The van der Waals surface area contributed by atoms with Gasteiger partial charge in [-0.15, -0.1) is 24.8 Å². The number of hydrogen-bond acceptors (Lipinski definition) is 4. The number of rotatable bonds is 7. The van der Waals surface area contributed by atoms with E-state index in [2.05, 4.69) is 29.3 Å². The van der Waals surface area contributed by atoms with Crippen LogP contribution in [-0.4, -0.2) is 43.7 Å². The molecule has 1 aliphatic heterocycles. The Bertz CT molecular complexity index is 522. The van der Waals surface area contributed by atoms with Crippen molar-refractivity contribution in [2.24, 2.45) is 11.1 Å². The summed E-state index contributed by atoms with van der Waals surface area (Å²) < 4.78 is 5.41. The summed E-state index contributed by atoms with van der Waals surface area (Å²) in [5.74, 6) is 0.0176. The molecule has 1 fully saturated rings. The molecule has 1 atom stereocenters. The van der Waals surface area contributed by atoms with Crippen molar-refractivity contribution in [2.75, 3.05) is 38.2 Å². The summed E-state index contributed by atoms with van der Waals surface area (Å²) in [6.07, 6.45) is 1.50. The highest BCUT2D eigenvalue weighted by molar-refractivity contribution is 5.95. The number of ether oxygens (including phenoxy) is 1. The molecule has 1 saturated heterocycles. The summed E-state index contributed by atoms with van der Waals surface area (Å²) >= 11 is 0. The molecule has 0 bridgehead atoms. The van der Waals surface area contributed by atoms with Gasteiger partial charge < -0.3 is 15.8 Å². The standard InChI is InChI=1S/C19H31N3O2.2ClH/c1-4-19(5-2,14-20)18(23)21-17-8-6-16(7-9-17)15(3)22-10-12-24-13-11-22;;/h6-9,15H,4-5,10-14,20H2,1-3H3,(H,21,23);2*1H. The van der Waals surface area contributed by atoms with Crippen LogP contribution in [0.4, 0.5) is 5.69 Å². The van der Waals surface area contributed by atoms with Gasteiger partial charge in [-0.25, -0.2) is 0 Å². The summed E-state index contributed by atoms with van der Waals surface area (Å²) in [5.41, 5.74) is 7.47. The molecule has 1 aromatic rings. The van der Waals surface area contributed by atoms with Crippen molar-refractivity contribution in [1.29, 1.82) is 0 Å². The highest BCUT2D eigenvalue weighted by Gasteiger charge is 2.33. The van der Waals surface area contributed by atoms with Crippen LogP contribution in [0.2, 0.25) is 0 Å². The van der Waals surface area contributed by atoms with Gasteiger partial charge in [-0.2, -0.15) is 0 Å². The summed E-state index contributed by atoms with van der Waals surface area (Å²) in [6.45, 7) is 10.1. The molecule has 26 heavy (non-hydrogen) atoms. The SMILES string of the molecule is CCC(CC)(CN)C(=O)Nc1ccc(C(C)N2CCOCC2)cc1.Cl.Cl. The fourth-order valence-corrected chi connectivity index (χ4v) is 3.24. The third kappa shape index (κ3) is 5.83. The fourth-order valence-electron chi connectivity index (χ4n) is 3.24. The highest BCUT2D eigenvalue weighted by atomic mass is 35.5. The van der Waals surface area contributed by atoms with Gasteiger partial charge in [0.1, 0.15) is 0 Å². The number of hydrogen-bond donors (Lipinski definition) is 2. The molecule has 150 valence electrons. The first-order valence-corrected chi connectivity index (χ1v) is 8.99. The van der Waals surface area contributed by atoms with Crippen LogP contribution in [0.1, 0.15) is 45.2 Å². The lowest BCUT2D eigenvalue weighted by Gasteiger charge is -2.32. The van der Waals surface area contributed by atoms with Crippen LogP contribution in [0.3, 0.4) is 0 Å². The number of halogens is 2. The van der Waals surface area contributed by atoms with Gasteiger partial charge in [0.15, 0.2) is 0 Å². The lowest BCUT2D eigenvalue weighted by atomic mass is 9.81. The number of nitrogens with zero attached hydrogens (tertiary/aromatic N) is 1. The van der Waals surface area contributed by atoms with Crippen molar-refractivity contribution in [1.82, 2.24) is 4.90 Å². The van der Waals surface area contributed by atoms with Crippen LogP contribution in [0.15, 0.2) is 24.3 Å². The Labute approximate surface area is 169 Å². The number of nitrogens with two attached hydrogens (primary N) is 1. The number of anilines is 1. The van der Waals surface area contributed by atoms with E-state index in [1.54, 1.807) is 0 Å². The minimum atomic E-state index is -0.472. The van der Waals surface area contributed by atoms with Gasteiger partial charge in [-0.3, -0.25) is 9.69 Å². The second-order valence-electron chi connectivity index (χ2n) is 6.59. The Morgan fingerprint density at radius 1 is 1.19 bits per heavy atom. The molecule has 1 unspecified atom stereocenters. The topological polar surface area (TPSA) is 67.6 Å². The Morgan fingerprint density at radius 2 is 1.73 bits per heavy atom. The van der Waals surface area contributed by atoms with E-state index in [1.165, 1.54) is 5.56 Å². The Kier molecular flexibility index (Phi) is 11.4. The zero-order valence-electron chi connectivity index (χ0n) is 16.0. The van der Waals surface area contributed by atoms with Crippen LogP contribution in [0, 0.1) is 5.41 Å². The third-order valence-electron chi connectivity index (χ3n) is 5.47. The molecular formula is C19H33Cl2N3O2. The zero-order valence-corrected chi connectivity index (χ0v) is 17.6. The Balaban J connectivity index is 0.00000312. The van der Waals surface area contributed by atoms with Gasteiger partial charge in [-0.05, 0) is 37.5 Å². The van der Waals surface area contributed by atoms with Crippen LogP contribution >= 0.6 is 24.8 Å². The highest BCUT2D eigenvalue weighted by Crippen LogP contribution is 2.28. The molecule has 1 amide bonds. The normalized spacial score (nSPS) is 16.2. The second-order valence-corrected chi connectivity index (χ2v) is 6.59. The molecule has 7 heteroatoms. The number of nitrogens with one attached hydrogen (secondary N) is 1. The molecule has 0 radical (unpaired) electrons. The molecule has 1 aromatic carbocycles. The van der Waals surface area contributed by atoms with Gasteiger partial charge in [0.25, 0.3) is 0 Å². The van der Waals surface area contributed by atoms with Crippen molar-refractivity contribution < 1.29 is 9.53 Å². The van der Waals surface area contributed by atoms with Crippen LogP contribution in [0.25, 0.3) is 0 Å². The van der Waals surface area contributed by atoms with E-state index in [9.17, 15) is 4.79 Å². The molecule has 5 nitrogen and oxygen atoms in total. The molecule has 1 heterocycles. The minimum Gasteiger partial charge on any atom is -0.379 e. The maximum atomic E-state index is 12.6. The van der Waals surface area contributed by atoms with Crippen LogP contribution in [0.5, 0.6) is 0 Å². The first kappa shape index (κ1) is 25.1. The van der Waals surface area contributed by atoms with E-state index in [4.69, 9.17) is 10.5 Å². The van der Waals surface area contributed by atoms with Gasteiger partial charge >= 0.3 is 0 Å². The van der Waals surface area contributed by atoms with E-state index in [1.807, 2.05) is 26.0 Å². The summed E-state index contributed by atoms with van der Waals surface area (Å²) in [5, 5.41) is 3.03. The van der Waals surface area contributed by atoms with E-state index in [0.717, 1.165) is 44.8 Å². The predicted molar refractivity (Wildman–Crippen MR) is 112 cm³/mol. The van der Waals surface area contributed by atoms with Crippen molar-refractivity contribution in [3.63, 3.8) is 0 Å². The van der Waals surface area contributed by atoms with Crippen molar-refractivity contribution in [2.45, 2.75) is 39.7 Å². The monoisotopic (exact) mass is 405 g/mol. The number of carbonyl (C=O) groups is 1.